The maximum atomic E-state index is 10.9. The predicted octanol–water partition coefficient (Wildman–Crippen LogP) is 5.36. The van der Waals surface area contributed by atoms with Crippen LogP contribution in [0, 0.1) is 17.2 Å². The summed E-state index contributed by atoms with van der Waals surface area (Å²) >= 11 is 0. The molecule has 0 aromatic heterocycles. The third-order valence-electron chi connectivity index (χ3n) is 6.24. The number of hydrogen-bond donors (Lipinski definition) is 1. The number of anilines is 1. The quantitative estimate of drug-likeness (QED) is 0.608. The van der Waals surface area contributed by atoms with Gasteiger partial charge in [0.2, 0.25) is 0 Å². The molecule has 1 fully saturated rings. The van der Waals surface area contributed by atoms with Gasteiger partial charge in [0.15, 0.2) is 0 Å². The second kappa shape index (κ2) is 8.59. The molecule has 4 nitrogen and oxygen atoms in total. The van der Waals surface area contributed by atoms with Crippen molar-refractivity contribution in [2.45, 2.75) is 32.1 Å². The van der Waals surface area contributed by atoms with Gasteiger partial charge < -0.3 is 10.0 Å². The Morgan fingerprint density at radius 3 is 2.57 bits per heavy atom. The van der Waals surface area contributed by atoms with Gasteiger partial charge in [-0.15, -0.1) is 0 Å². The summed E-state index contributed by atoms with van der Waals surface area (Å²) in [6.45, 7) is 4.35. The van der Waals surface area contributed by atoms with Crippen LogP contribution in [0.1, 0.15) is 42.4 Å². The number of nitrogens with zero attached hydrogens (tertiary/aromatic N) is 2. The smallest absolute Gasteiger partial charge is 0.307 e. The van der Waals surface area contributed by atoms with Crippen molar-refractivity contribution in [3.63, 3.8) is 0 Å². The van der Waals surface area contributed by atoms with Crippen molar-refractivity contribution in [1.82, 2.24) is 0 Å². The van der Waals surface area contributed by atoms with Crippen molar-refractivity contribution < 1.29 is 9.90 Å². The predicted molar refractivity (Wildman–Crippen MR) is 120 cm³/mol. The molecular weight excluding hydrogens is 371 g/mol. The van der Waals surface area contributed by atoms with Crippen LogP contribution >= 0.6 is 0 Å². The largest absolute Gasteiger partial charge is 0.481 e. The number of carboxylic acids is 1. The lowest BCUT2D eigenvalue weighted by molar-refractivity contribution is -0.136. The standard InChI is InChI=1S/C26H26N2O2/c1-18(23-11-8-21(16-27)24-4-2-3-5-25(23)24)14-20-12-13-28(17-20)22-9-6-19(7-10-22)15-26(29)30/h2-11,18,20H,12-15,17H2,1H3,(H,29,30)/t18-,20+/m0/s1/i16-1. The molecule has 3 aromatic rings. The van der Waals surface area contributed by atoms with E-state index in [-0.39, 0.29) is 6.42 Å². The molecule has 1 saturated heterocycles. The van der Waals surface area contributed by atoms with Crippen LogP contribution in [0.25, 0.3) is 10.8 Å². The highest BCUT2D eigenvalue weighted by Gasteiger charge is 2.25. The minimum absolute atomic E-state index is 0.0684. The first-order valence-electron chi connectivity index (χ1n) is 10.5. The van der Waals surface area contributed by atoms with Crippen LogP contribution in [0.15, 0.2) is 60.7 Å². The van der Waals surface area contributed by atoms with Crippen LogP contribution < -0.4 is 4.90 Å². The molecule has 0 bridgehead atoms. The number of carboxylic acid groups (broad SMARTS) is 1. The molecule has 3 aromatic carbocycles. The van der Waals surface area contributed by atoms with Crippen LogP contribution in [0.3, 0.4) is 0 Å². The Labute approximate surface area is 177 Å². The third-order valence-corrected chi connectivity index (χ3v) is 6.24. The molecule has 0 aliphatic carbocycles. The van der Waals surface area contributed by atoms with Crippen LogP contribution in [0.4, 0.5) is 5.69 Å². The molecule has 1 N–H and O–H groups in total. The summed E-state index contributed by atoms with van der Waals surface area (Å²) in [6, 6.07) is 22.5. The normalized spacial score (nSPS) is 17.1. The molecule has 0 amide bonds. The van der Waals surface area contributed by atoms with Gasteiger partial charge >= 0.3 is 5.97 Å². The second-order valence-electron chi connectivity index (χ2n) is 8.33. The van der Waals surface area contributed by atoms with Gasteiger partial charge in [0.25, 0.3) is 0 Å². The molecule has 30 heavy (non-hydrogen) atoms. The summed E-state index contributed by atoms with van der Waals surface area (Å²) in [5.74, 6) is 0.243. The van der Waals surface area contributed by atoms with E-state index in [1.807, 2.05) is 48.5 Å². The third kappa shape index (κ3) is 4.16. The summed E-state index contributed by atoms with van der Waals surface area (Å²) in [5.41, 5.74) is 4.06. The van der Waals surface area contributed by atoms with Crippen molar-refractivity contribution in [1.29, 1.82) is 5.26 Å². The van der Waals surface area contributed by atoms with Gasteiger partial charge in [0.1, 0.15) is 0 Å². The topological polar surface area (TPSA) is 64.3 Å². The molecule has 2 atom stereocenters. The molecule has 1 aliphatic heterocycles. The molecule has 4 heteroatoms. The maximum absolute atomic E-state index is 10.9. The van der Waals surface area contributed by atoms with Crippen molar-refractivity contribution >= 4 is 22.4 Å². The van der Waals surface area contributed by atoms with Gasteiger partial charge in [-0.3, -0.25) is 4.79 Å². The Bertz CT molecular complexity index is 1100. The van der Waals surface area contributed by atoms with E-state index >= 15 is 0 Å². The van der Waals surface area contributed by atoms with Crippen molar-refractivity contribution in [2.24, 2.45) is 5.92 Å². The fourth-order valence-corrected chi connectivity index (χ4v) is 4.74. The fourth-order valence-electron chi connectivity index (χ4n) is 4.74. The van der Waals surface area contributed by atoms with E-state index in [0.717, 1.165) is 42.4 Å². The minimum atomic E-state index is -0.798. The Morgan fingerprint density at radius 1 is 1.13 bits per heavy atom. The second-order valence-corrected chi connectivity index (χ2v) is 8.33. The first-order valence-corrected chi connectivity index (χ1v) is 10.5. The number of fused-ring (bicyclic) bond motifs is 1. The highest BCUT2D eigenvalue weighted by molar-refractivity contribution is 5.91. The lowest BCUT2D eigenvalue weighted by Crippen LogP contribution is -2.20. The molecule has 0 spiro atoms. The van der Waals surface area contributed by atoms with Crippen molar-refractivity contribution in [2.75, 3.05) is 18.0 Å². The highest BCUT2D eigenvalue weighted by Crippen LogP contribution is 2.35. The molecule has 1 aliphatic rings. The van der Waals surface area contributed by atoms with Crippen LogP contribution in [-0.4, -0.2) is 24.2 Å². The minimum Gasteiger partial charge on any atom is -0.481 e. The van der Waals surface area contributed by atoms with Gasteiger partial charge in [0, 0.05) is 18.8 Å². The zero-order chi connectivity index (χ0) is 21.1. The van der Waals surface area contributed by atoms with E-state index < -0.39 is 5.97 Å². The summed E-state index contributed by atoms with van der Waals surface area (Å²) < 4.78 is 0. The Balaban J connectivity index is 1.44. The zero-order valence-corrected chi connectivity index (χ0v) is 17.2. The van der Waals surface area contributed by atoms with E-state index in [0.29, 0.717) is 11.8 Å². The number of nitriles is 1. The lowest BCUT2D eigenvalue weighted by Gasteiger charge is -2.21. The number of aliphatic carboxylic acids is 1. The molecule has 1 heterocycles. The number of rotatable bonds is 6. The average molecular weight is 398 g/mol. The van der Waals surface area contributed by atoms with Gasteiger partial charge in [-0.2, -0.15) is 5.26 Å². The van der Waals surface area contributed by atoms with E-state index in [2.05, 4.69) is 30.0 Å². The Morgan fingerprint density at radius 2 is 1.87 bits per heavy atom. The van der Waals surface area contributed by atoms with Gasteiger partial charge in [0.05, 0.1) is 18.1 Å². The van der Waals surface area contributed by atoms with E-state index in [1.54, 1.807) is 0 Å². The van der Waals surface area contributed by atoms with Crippen molar-refractivity contribution in [3.05, 3.63) is 77.4 Å². The van der Waals surface area contributed by atoms with E-state index in [1.165, 1.54) is 16.6 Å². The van der Waals surface area contributed by atoms with Crippen LogP contribution in [-0.2, 0) is 11.2 Å². The highest BCUT2D eigenvalue weighted by atomic mass is 16.4. The summed E-state index contributed by atoms with van der Waals surface area (Å²) in [5, 5.41) is 20.6. The van der Waals surface area contributed by atoms with Gasteiger partial charge in [-0.05, 0) is 64.8 Å². The van der Waals surface area contributed by atoms with Crippen molar-refractivity contribution in [3.8, 4) is 6.07 Å². The molecule has 0 unspecified atom stereocenters. The first-order chi connectivity index (χ1) is 14.5. The lowest BCUT2D eigenvalue weighted by atomic mass is 9.84. The number of carbonyl (C=O) groups is 1. The van der Waals surface area contributed by atoms with E-state index in [4.69, 9.17) is 5.11 Å². The number of hydrogen-bond acceptors (Lipinski definition) is 3. The average Bonchev–Trinajstić information content (AvgIpc) is 3.21. The summed E-state index contributed by atoms with van der Waals surface area (Å²) in [6.07, 6.45) is 2.35. The summed E-state index contributed by atoms with van der Waals surface area (Å²) in [4.78, 5) is 13.3. The number of benzene rings is 3. The summed E-state index contributed by atoms with van der Waals surface area (Å²) in [7, 11) is 0. The molecule has 4 rings (SSSR count). The fraction of sp³-hybridized carbons (Fsp3) is 0.308. The van der Waals surface area contributed by atoms with Crippen LogP contribution in [0.5, 0.6) is 0 Å². The maximum Gasteiger partial charge on any atom is 0.307 e. The van der Waals surface area contributed by atoms with E-state index in [9.17, 15) is 10.1 Å². The van der Waals surface area contributed by atoms with Gasteiger partial charge in [-0.25, -0.2) is 0 Å². The molecule has 0 saturated carbocycles. The monoisotopic (exact) mass is 397 g/mol. The molecule has 0 radical (unpaired) electrons. The molecule has 152 valence electrons. The Kier molecular flexibility index (Phi) is 5.72. The SMILES string of the molecule is C[C@@H](C[C@H]1CCN(c2ccc(CC(=O)O)cc2)C1)c1ccc([11C]#N)c2ccccc12. The molecular formula is C26H26N2O2. The van der Waals surface area contributed by atoms with Crippen LogP contribution in [0.2, 0.25) is 0 Å². The zero-order valence-electron chi connectivity index (χ0n) is 17.2. The van der Waals surface area contributed by atoms with Gasteiger partial charge in [-0.1, -0.05) is 49.4 Å². The first kappa shape index (κ1) is 20.0. The Hall–Kier alpha value is -3.32.